The third-order valence-electron chi connectivity index (χ3n) is 4.34. The number of para-hydroxylation sites is 1. The van der Waals surface area contributed by atoms with Gasteiger partial charge in [-0.05, 0) is 24.1 Å². The van der Waals surface area contributed by atoms with Crippen molar-refractivity contribution in [3.8, 4) is 0 Å². The summed E-state index contributed by atoms with van der Waals surface area (Å²) in [5.74, 6) is -0.0429. The van der Waals surface area contributed by atoms with Gasteiger partial charge in [-0.25, -0.2) is 0 Å². The predicted octanol–water partition coefficient (Wildman–Crippen LogP) is 2.86. The van der Waals surface area contributed by atoms with E-state index in [1.165, 1.54) is 5.56 Å². The van der Waals surface area contributed by atoms with Crippen LogP contribution >= 0.6 is 0 Å². The molecular weight excluding hydrogens is 300 g/mol. The fraction of sp³-hybridized carbons (Fsp3) is 0.250. The van der Waals surface area contributed by atoms with Crippen LogP contribution in [0.4, 0.5) is 0 Å². The maximum Gasteiger partial charge on any atom is 0.270 e. The Bertz CT molecular complexity index is 824. The van der Waals surface area contributed by atoms with Crippen molar-refractivity contribution in [3.63, 3.8) is 0 Å². The summed E-state index contributed by atoms with van der Waals surface area (Å²) in [6.07, 6.45) is 0.774. The van der Waals surface area contributed by atoms with Crippen LogP contribution in [0.5, 0.6) is 0 Å². The Morgan fingerprint density at radius 3 is 2.46 bits per heavy atom. The molecule has 1 amide bonds. The summed E-state index contributed by atoms with van der Waals surface area (Å²) >= 11 is 0. The summed E-state index contributed by atoms with van der Waals surface area (Å²) in [4.78, 5) is 14.7. The number of aromatic nitrogens is 1. The van der Waals surface area contributed by atoms with Gasteiger partial charge in [0.15, 0.2) is 0 Å². The maximum atomic E-state index is 12.9. The average molecular weight is 322 g/mol. The van der Waals surface area contributed by atoms with Crippen LogP contribution in [-0.4, -0.2) is 40.2 Å². The zero-order valence-electron chi connectivity index (χ0n) is 13.9. The van der Waals surface area contributed by atoms with Gasteiger partial charge in [0, 0.05) is 31.0 Å². The summed E-state index contributed by atoms with van der Waals surface area (Å²) < 4.78 is 1.92. The molecular formula is C20H22N2O2. The number of aliphatic hydroxyl groups is 1. The van der Waals surface area contributed by atoms with Gasteiger partial charge in [-0.1, -0.05) is 48.5 Å². The fourth-order valence-corrected chi connectivity index (χ4v) is 3.00. The molecule has 0 aliphatic carbocycles. The zero-order valence-corrected chi connectivity index (χ0v) is 13.9. The molecule has 0 radical (unpaired) electrons. The number of carbonyl (C=O) groups is 1. The molecule has 1 N–H and O–H groups in total. The van der Waals surface area contributed by atoms with Crippen LogP contribution in [0.15, 0.2) is 60.7 Å². The van der Waals surface area contributed by atoms with Crippen LogP contribution in [0, 0.1) is 0 Å². The minimum atomic E-state index is -0.0429. The third kappa shape index (κ3) is 3.34. The molecule has 0 bridgehead atoms. The first-order valence-corrected chi connectivity index (χ1v) is 8.19. The monoisotopic (exact) mass is 322 g/mol. The lowest BCUT2D eigenvalue weighted by atomic mass is 10.1. The summed E-state index contributed by atoms with van der Waals surface area (Å²) in [6.45, 7) is 0.891. The van der Waals surface area contributed by atoms with Crippen molar-refractivity contribution in [1.29, 1.82) is 0 Å². The molecule has 0 aliphatic rings. The van der Waals surface area contributed by atoms with E-state index in [0.29, 0.717) is 18.8 Å². The lowest BCUT2D eigenvalue weighted by Crippen LogP contribution is -2.36. The molecule has 3 rings (SSSR count). The first-order valence-electron chi connectivity index (χ1n) is 8.19. The Morgan fingerprint density at radius 2 is 1.75 bits per heavy atom. The smallest absolute Gasteiger partial charge is 0.270 e. The second kappa shape index (κ2) is 7.32. The van der Waals surface area contributed by atoms with Crippen molar-refractivity contribution in [3.05, 3.63) is 71.9 Å². The quantitative estimate of drug-likeness (QED) is 0.758. The van der Waals surface area contributed by atoms with E-state index < -0.39 is 0 Å². The fourth-order valence-electron chi connectivity index (χ4n) is 3.00. The lowest BCUT2D eigenvalue weighted by molar-refractivity contribution is 0.0715. The molecule has 124 valence electrons. The van der Waals surface area contributed by atoms with E-state index >= 15 is 0 Å². The van der Waals surface area contributed by atoms with E-state index in [1.807, 2.05) is 60.1 Å². The van der Waals surface area contributed by atoms with Crippen molar-refractivity contribution in [1.82, 2.24) is 9.47 Å². The van der Waals surface area contributed by atoms with Crippen LogP contribution in [-0.2, 0) is 13.5 Å². The topological polar surface area (TPSA) is 45.5 Å². The maximum absolute atomic E-state index is 12.9. The van der Waals surface area contributed by atoms with E-state index in [9.17, 15) is 9.90 Å². The number of aliphatic hydroxyl groups excluding tert-OH is 1. The molecule has 0 saturated carbocycles. The van der Waals surface area contributed by atoms with Crippen LogP contribution in [0.25, 0.3) is 10.9 Å². The van der Waals surface area contributed by atoms with Gasteiger partial charge in [0.05, 0.1) is 6.61 Å². The minimum absolute atomic E-state index is 0.0372. The highest BCUT2D eigenvalue weighted by molar-refractivity contribution is 5.98. The average Bonchev–Trinajstić information content (AvgIpc) is 2.96. The second-order valence-corrected chi connectivity index (χ2v) is 5.90. The van der Waals surface area contributed by atoms with Gasteiger partial charge in [0.25, 0.3) is 5.91 Å². The van der Waals surface area contributed by atoms with E-state index in [1.54, 1.807) is 4.90 Å². The Morgan fingerprint density at radius 1 is 1.04 bits per heavy atom. The Balaban J connectivity index is 1.81. The lowest BCUT2D eigenvalue weighted by Gasteiger charge is -2.22. The molecule has 0 spiro atoms. The zero-order chi connectivity index (χ0) is 16.9. The number of aryl methyl sites for hydroxylation is 1. The summed E-state index contributed by atoms with van der Waals surface area (Å²) in [5.41, 5.74) is 2.87. The number of amides is 1. The predicted molar refractivity (Wildman–Crippen MR) is 96.1 cm³/mol. The van der Waals surface area contributed by atoms with Gasteiger partial charge in [-0.15, -0.1) is 0 Å². The van der Waals surface area contributed by atoms with Crippen LogP contribution in [0.2, 0.25) is 0 Å². The van der Waals surface area contributed by atoms with Crippen LogP contribution in [0.3, 0.4) is 0 Å². The van der Waals surface area contributed by atoms with Crippen LogP contribution in [0.1, 0.15) is 16.1 Å². The number of hydrogen-bond acceptors (Lipinski definition) is 2. The number of carbonyl (C=O) groups excluding carboxylic acids is 1. The first-order chi connectivity index (χ1) is 11.7. The Kier molecular flexibility index (Phi) is 4.96. The number of nitrogens with zero attached hydrogens (tertiary/aromatic N) is 2. The molecule has 2 aromatic carbocycles. The van der Waals surface area contributed by atoms with Crippen molar-refractivity contribution >= 4 is 16.8 Å². The van der Waals surface area contributed by atoms with Gasteiger partial charge in [0.1, 0.15) is 5.69 Å². The molecule has 3 aromatic rings. The molecule has 0 fully saturated rings. The van der Waals surface area contributed by atoms with E-state index in [2.05, 4.69) is 12.1 Å². The van der Waals surface area contributed by atoms with Crippen molar-refractivity contribution in [2.75, 3.05) is 19.7 Å². The largest absolute Gasteiger partial charge is 0.395 e. The normalized spacial score (nSPS) is 10.9. The molecule has 24 heavy (non-hydrogen) atoms. The van der Waals surface area contributed by atoms with Gasteiger partial charge in [0.2, 0.25) is 0 Å². The van der Waals surface area contributed by atoms with Crippen molar-refractivity contribution in [2.45, 2.75) is 6.42 Å². The Labute approximate surface area is 141 Å². The third-order valence-corrected chi connectivity index (χ3v) is 4.34. The minimum Gasteiger partial charge on any atom is -0.395 e. The molecule has 0 atom stereocenters. The highest BCUT2D eigenvalue weighted by Crippen LogP contribution is 2.19. The molecule has 1 heterocycles. The number of rotatable bonds is 6. The van der Waals surface area contributed by atoms with E-state index in [4.69, 9.17) is 0 Å². The summed E-state index contributed by atoms with van der Waals surface area (Å²) in [7, 11) is 1.91. The van der Waals surface area contributed by atoms with Gasteiger partial charge >= 0.3 is 0 Å². The van der Waals surface area contributed by atoms with Crippen molar-refractivity contribution < 1.29 is 9.90 Å². The first kappa shape index (κ1) is 16.3. The Hall–Kier alpha value is -2.59. The molecule has 4 heteroatoms. The molecule has 4 nitrogen and oxygen atoms in total. The van der Waals surface area contributed by atoms with Gasteiger partial charge in [-0.3, -0.25) is 4.79 Å². The molecule has 0 unspecified atom stereocenters. The molecule has 0 saturated heterocycles. The van der Waals surface area contributed by atoms with Crippen LogP contribution < -0.4 is 0 Å². The highest BCUT2D eigenvalue weighted by Gasteiger charge is 2.19. The van der Waals surface area contributed by atoms with Gasteiger partial charge in [-0.2, -0.15) is 0 Å². The van der Waals surface area contributed by atoms with E-state index in [-0.39, 0.29) is 12.5 Å². The van der Waals surface area contributed by atoms with Gasteiger partial charge < -0.3 is 14.6 Å². The number of benzene rings is 2. The standard InChI is InChI=1S/C20H22N2O2/c1-21-18-10-6-5-9-17(18)15-19(21)20(24)22(13-14-23)12-11-16-7-3-2-4-8-16/h2-10,15,23H,11-14H2,1H3. The SMILES string of the molecule is Cn1c(C(=O)N(CCO)CCc2ccccc2)cc2ccccc21. The van der Waals surface area contributed by atoms with E-state index in [0.717, 1.165) is 17.3 Å². The summed E-state index contributed by atoms with van der Waals surface area (Å²) in [5, 5.41) is 10.4. The second-order valence-electron chi connectivity index (χ2n) is 5.90. The number of hydrogen-bond donors (Lipinski definition) is 1. The van der Waals surface area contributed by atoms with Crippen molar-refractivity contribution in [2.24, 2.45) is 7.05 Å². The highest BCUT2D eigenvalue weighted by atomic mass is 16.3. The molecule has 0 aliphatic heterocycles. The molecule has 1 aromatic heterocycles. The summed E-state index contributed by atoms with van der Waals surface area (Å²) in [6, 6.07) is 20.0. The number of fused-ring (bicyclic) bond motifs is 1.